The van der Waals surface area contributed by atoms with Crippen LogP contribution in [0.25, 0.3) is 0 Å². The number of carbonyl (C=O) groups excluding carboxylic acids is 2. The highest BCUT2D eigenvalue weighted by Gasteiger charge is 2.21. The SMILES string of the molecule is O=C([O-])C(C(=O)[O-])N(Cc1ccccc1)Cc1ccccc1. The lowest BCUT2D eigenvalue weighted by Gasteiger charge is -2.33. The normalized spacial score (nSPS) is 10.8. The number of hydrogen-bond acceptors (Lipinski definition) is 5. The molecule has 22 heavy (non-hydrogen) atoms. The molecule has 5 heteroatoms. The number of carbonyl (C=O) groups is 2. The van der Waals surface area contributed by atoms with E-state index in [1.54, 1.807) is 24.3 Å². The van der Waals surface area contributed by atoms with E-state index in [4.69, 9.17) is 0 Å². The summed E-state index contributed by atoms with van der Waals surface area (Å²) in [5.74, 6) is -3.35. The first-order chi connectivity index (χ1) is 10.6. The molecule has 0 saturated carbocycles. The molecule has 0 spiro atoms. The van der Waals surface area contributed by atoms with Crippen LogP contribution in [0, 0.1) is 0 Å². The van der Waals surface area contributed by atoms with Crippen molar-refractivity contribution < 1.29 is 19.8 Å². The third kappa shape index (κ3) is 4.17. The Balaban J connectivity index is 2.27. The first-order valence-electron chi connectivity index (χ1n) is 6.81. The lowest BCUT2D eigenvalue weighted by atomic mass is 10.1. The molecule has 0 fully saturated rings. The van der Waals surface area contributed by atoms with Crippen LogP contribution >= 0.6 is 0 Å². The van der Waals surface area contributed by atoms with Gasteiger partial charge in [0.25, 0.3) is 0 Å². The molecule has 0 atom stereocenters. The molecule has 0 N–H and O–H groups in total. The van der Waals surface area contributed by atoms with Gasteiger partial charge in [-0.25, -0.2) is 0 Å². The molecular formula is C17H15NO4-2. The van der Waals surface area contributed by atoms with Gasteiger partial charge in [0.15, 0.2) is 0 Å². The Kier molecular flexibility index (Phi) is 5.27. The van der Waals surface area contributed by atoms with Gasteiger partial charge in [-0.2, -0.15) is 0 Å². The summed E-state index contributed by atoms with van der Waals surface area (Å²) >= 11 is 0. The second-order valence-corrected chi connectivity index (χ2v) is 4.92. The molecule has 0 aliphatic heterocycles. The zero-order valence-corrected chi connectivity index (χ0v) is 11.8. The fourth-order valence-electron chi connectivity index (χ4n) is 2.27. The molecule has 0 aliphatic rings. The molecule has 0 amide bonds. The van der Waals surface area contributed by atoms with E-state index in [9.17, 15) is 19.8 Å². The molecule has 2 aromatic carbocycles. The summed E-state index contributed by atoms with van der Waals surface area (Å²) < 4.78 is 0. The second kappa shape index (κ2) is 7.38. The van der Waals surface area contributed by atoms with E-state index < -0.39 is 18.0 Å². The summed E-state index contributed by atoms with van der Waals surface area (Å²) in [6.45, 7) is 0.338. The molecule has 0 aliphatic carbocycles. The summed E-state index contributed by atoms with van der Waals surface area (Å²) in [6, 6.07) is 16.3. The lowest BCUT2D eigenvalue weighted by molar-refractivity contribution is -0.332. The Hall–Kier alpha value is -2.66. The largest absolute Gasteiger partial charge is 0.548 e. The van der Waals surface area contributed by atoms with Gasteiger partial charge in [-0.3, -0.25) is 4.90 Å². The van der Waals surface area contributed by atoms with Gasteiger partial charge in [0, 0.05) is 13.1 Å². The molecule has 0 saturated heterocycles. The van der Waals surface area contributed by atoms with Crippen molar-refractivity contribution in [3.05, 3.63) is 71.8 Å². The zero-order valence-electron chi connectivity index (χ0n) is 11.8. The molecule has 5 nitrogen and oxygen atoms in total. The smallest absolute Gasteiger partial charge is 0.0901 e. The van der Waals surface area contributed by atoms with Gasteiger partial charge in [0.2, 0.25) is 0 Å². The van der Waals surface area contributed by atoms with E-state index in [0.717, 1.165) is 11.1 Å². The Bertz CT molecular complexity index is 572. The van der Waals surface area contributed by atoms with Crippen molar-refractivity contribution in [2.45, 2.75) is 19.1 Å². The summed E-state index contributed by atoms with van der Waals surface area (Å²) in [5, 5.41) is 22.4. The molecule has 0 heterocycles. The number of nitrogens with zero attached hydrogens (tertiary/aromatic N) is 1. The molecule has 0 unspecified atom stereocenters. The molecule has 2 aromatic rings. The summed E-state index contributed by atoms with van der Waals surface area (Å²) in [7, 11) is 0. The maximum atomic E-state index is 11.2. The maximum absolute atomic E-state index is 11.2. The van der Waals surface area contributed by atoms with Crippen molar-refractivity contribution in [2.75, 3.05) is 0 Å². The van der Waals surface area contributed by atoms with E-state index >= 15 is 0 Å². The predicted octanol–water partition coefficient (Wildman–Crippen LogP) is -0.443. The summed E-state index contributed by atoms with van der Waals surface area (Å²) in [5.41, 5.74) is 1.62. The quantitative estimate of drug-likeness (QED) is 0.647. The number of carboxylic acids is 2. The fraction of sp³-hybridized carbons (Fsp3) is 0.176. The maximum Gasteiger partial charge on any atom is 0.0901 e. The fourth-order valence-corrected chi connectivity index (χ4v) is 2.27. The molecule has 0 bridgehead atoms. The Morgan fingerprint density at radius 2 is 1.14 bits per heavy atom. The number of rotatable bonds is 7. The second-order valence-electron chi connectivity index (χ2n) is 4.92. The van der Waals surface area contributed by atoms with E-state index in [0.29, 0.717) is 0 Å². The number of aliphatic carboxylic acids is 2. The molecule has 0 aromatic heterocycles. The minimum atomic E-state index is -1.81. The average Bonchev–Trinajstić information content (AvgIpc) is 2.48. The summed E-state index contributed by atoms with van der Waals surface area (Å²) in [6.07, 6.45) is 0. The molecule has 2 rings (SSSR count). The van der Waals surface area contributed by atoms with E-state index in [-0.39, 0.29) is 13.1 Å². The van der Waals surface area contributed by atoms with Crippen LogP contribution < -0.4 is 10.2 Å². The first kappa shape index (κ1) is 15.7. The topological polar surface area (TPSA) is 83.5 Å². The van der Waals surface area contributed by atoms with Crippen LogP contribution in [0.5, 0.6) is 0 Å². The van der Waals surface area contributed by atoms with Gasteiger partial charge in [-0.15, -0.1) is 0 Å². The van der Waals surface area contributed by atoms with E-state index in [1.807, 2.05) is 36.4 Å². The summed E-state index contributed by atoms with van der Waals surface area (Å²) in [4.78, 5) is 23.7. The predicted molar refractivity (Wildman–Crippen MR) is 75.9 cm³/mol. The first-order valence-corrected chi connectivity index (χ1v) is 6.81. The van der Waals surface area contributed by atoms with Crippen LogP contribution in [0.2, 0.25) is 0 Å². The van der Waals surface area contributed by atoms with Gasteiger partial charge in [0.05, 0.1) is 18.0 Å². The van der Waals surface area contributed by atoms with Crippen LogP contribution in [0.15, 0.2) is 60.7 Å². The third-order valence-corrected chi connectivity index (χ3v) is 3.27. The van der Waals surface area contributed by atoms with Gasteiger partial charge in [-0.1, -0.05) is 60.7 Å². The van der Waals surface area contributed by atoms with Crippen LogP contribution in [0.3, 0.4) is 0 Å². The van der Waals surface area contributed by atoms with E-state index in [2.05, 4.69) is 0 Å². The minimum Gasteiger partial charge on any atom is -0.548 e. The Morgan fingerprint density at radius 1 is 0.773 bits per heavy atom. The molecule has 0 radical (unpaired) electrons. The van der Waals surface area contributed by atoms with Gasteiger partial charge >= 0.3 is 0 Å². The van der Waals surface area contributed by atoms with Crippen molar-refractivity contribution >= 4 is 11.9 Å². The average molecular weight is 297 g/mol. The van der Waals surface area contributed by atoms with Crippen LogP contribution in [0.4, 0.5) is 0 Å². The highest BCUT2D eigenvalue weighted by molar-refractivity contribution is 5.95. The van der Waals surface area contributed by atoms with Crippen LogP contribution in [-0.2, 0) is 22.7 Å². The standard InChI is InChI=1S/C17H17NO4/c19-16(20)15(17(21)22)18(11-13-7-3-1-4-8-13)12-14-9-5-2-6-10-14/h1-10,15H,11-12H2,(H,19,20)(H,21,22)/p-2. The van der Waals surface area contributed by atoms with Crippen molar-refractivity contribution in [3.8, 4) is 0 Å². The Morgan fingerprint density at radius 3 is 1.45 bits per heavy atom. The third-order valence-electron chi connectivity index (χ3n) is 3.27. The highest BCUT2D eigenvalue weighted by Crippen LogP contribution is 2.13. The monoisotopic (exact) mass is 297 g/mol. The zero-order chi connectivity index (χ0) is 15.9. The van der Waals surface area contributed by atoms with E-state index in [1.165, 1.54) is 4.90 Å². The molecule has 114 valence electrons. The van der Waals surface area contributed by atoms with Crippen molar-refractivity contribution in [1.29, 1.82) is 0 Å². The lowest BCUT2D eigenvalue weighted by Crippen LogP contribution is -2.56. The number of hydrogen-bond donors (Lipinski definition) is 0. The van der Waals surface area contributed by atoms with Crippen molar-refractivity contribution in [1.82, 2.24) is 4.90 Å². The highest BCUT2D eigenvalue weighted by atomic mass is 16.4. The number of benzene rings is 2. The van der Waals surface area contributed by atoms with Gasteiger partial charge in [-0.05, 0) is 11.1 Å². The van der Waals surface area contributed by atoms with Gasteiger partial charge < -0.3 is 19.8 Å². The van der Waals surface area contributed by atoms with Crippen LogP contribution in [0.1, 0.15) is 11.1 Å². The van der Waals surface area contributed by atoms with Crippen molar-refractivity contribution in [3.63, 3.8) is 0 Å². The van der Waals surface area contributed by atoms with Crippen LogP contribution in [-0.4, -0.2) is 22.9 Å². The number of carboxylic acid groups (broad SMARTS) is 2. The molecular weight excluding hydrogens is 282 g/mol. The van der Waals surface area contributed by atoms with Gasteiger partial charge in [0.1, 0.15) is 0 Å². The Labute approximate surface area is 128 Å². The minimum absolute atomic E-state index is 0.169. The van der Waals surface area contributed by atoms with Crippen molar-refractivity contribution in [2.24, 2.45) is 0 Å².